The maximum Gasteiger partial charge on any atom is 0.160 e. The van der Waals surface area contributed by atoms with E-state index >= 15 is 0 Å². The van der Waals surface area contributed by atoms with Crippen LogP contribution in [-0.2, 0) is 0 Å². The Morgan fingerprint density at radius 1 is 0.452 bits per heavy atom. The molecule has 0 saturated carbocycles. The summed E-state index contributed by atoms with van der Waals surface area (Å²) in [6.45, 7) is 0. The minimum absolute atomic E-state index is 0.432. The molecule has 5 heteroatoms. The molecule has 1 aliphatic heterocycles. The molecule has 8 aromatic carbocycles. The van der Waals surface area contributed by atoms with Gasteiger partial charge >= 0.3 is 0 Å². The van der Waals surface area contributed by atoms with Crippen LogP contribution >= 0.6 is 0 Å². The first-order chi connectivity index (χ1) is 30.6. The quantitative estimate of drug-likeness (QED) is 0.150. The number of nitrogens with zero attached hydrogens (tertiary/aromatic N) is 2. The number of para-hydroxylation sites is 1. The average Bonchev–Trinajstić information content (AvgIpc) is 3.74. The zero-order valence-electron chi connectivity index (χ0n) is 33.6. The van der Waals surface area contributed by atoms with Crippen LogP contribution in [0.4, 0.5) is 0 Å². The number of aromatic nitrogens is 2. The summed E-state index contributed by atoms with van der Waals surface area (Å²) in [5.41, 5.74) is 16.6. The molecular formula is C57H38N4O. The molecule has 62 heavy (non-hydrogen) atoms. The highest BCUT2D eigenvalue weighted by atomic mass is 16.3. The molecule has 0 amide bonds. The standard InChI is InChI=1S/C57H38N4O/c58-55(42-17-6-2-7-18-42)53(56-46-22-11-10-21-44(46)35-48(59-56)38-15-4-1-5-16-38)41-33-31-40(32-34-41)50-36-49(60-57(61-50)43-19-8-3-9-20-43)39-29-27-37(28-30-39)45-24-14-26-52-54(45)47-23-12-13-25-51(47)62-52/h1-36,58-59H/b56-53-,58-55?. The van der Waals surface area contributed by atoms with Crippen LogP contribution in [0.15, 0.2) is 217 Å². The topological polar surface area (TPSA) is 74.8 Å². The summed E-state index contributed by atoms with van der Waals surface area (Å²) in [5, 5.41) is 15.7. The molecule has 0 saturated heterocycles. The summed E-state index contributed by atoms with van der Waals surface area (Å²) < 4.78 is 6.20. The molecule has 2 N–H and O–H groups in total. The Bertz CT molecular complexity index is 3350. The lowest BCUT2D eigenvalue weighted by Gasteiger charge is -2.26. The highest BCUT2D eigenvalue weighted by Crippen LogP contribution is 2.39. The first-order valence-electron chi connectivity index (χ1n) is 20.7. The predicted molar refractivity (Wildman–Crippen MR) is 255 cm³/mol. The minimum atomic E-state index is 0.432. The zero-order chi connectivity index (χ0) is 41.4. The Balaban J connectivity index is 1.01. The van der Waals surface area contributed by atoms with Crippen LogP contribution in [-0.4, -0.2) is 15.7 Å². The van der Waals surface area contributed by atoms with Crippen molar-refractivity contribution >= 4 is 50.7 Å². The van der Waals surface area contributed by atoms with Crippen molar-refractivity contribution < 1.29 is 4.42 Å². The number of nitrogens with one attached hydrogen (secondary N) is 2. The van der Waals surface area contributed by atoms with Crippen molar-refractivity contribution in [3.8, 4) is 45.0 Å². The molecule has 292 valence electrons. The van der Waals surface area contributed by atoms with Crippen molar-refractivity contribution in [3.63, 3.8) is 0 Å². The second-order valence-corrected chi connectivity index (χ2v) is 15.4. The van der Waals surface area contributed by atoms with E-state index in [1.807, 2.05) is 84.9 Å². The summed E-state index contributed by atoms with van der Waals surface area (Å²) in [4.78, 5) is 10.3. The van der Waals surface area contributed by atoms with Crippen LogP contribution in [0.3, 0.4) is 0 Å². The number of fused-ring (bicyclic) bond motifs is 4. The van der Waals surface area contributed by atoms with Gasteiger partial charge in [0.1, 0.15) is 11.2 Å². The molecule has 0 radical (unpaired) electrons. The third-order valence-corrected chi connectivity index (χ3v) is 11.6. The van der Waals surface area contributed by atoms with E-state index in [4.69, 9.17) is 14.4 Å². The Labute approximate surface area is 359 Å². The number of allylic oxidation sites excluding steroid dienone is 1. The molecular weight excluding hydrogens is 757 g/mol. The second-order valence-electron chi connectivity index (χ2n) is 15.4. The Hall–Kier alpha value is -8.41. The first-order valence-corrected chi connectivity index (χ1v) is 20.7. The molecule has 10 aromatic rings. The maximum atomic E-state index is 9.73. The van der Waals surface area contributed by atoms with Gasteiger partial charge in [-0.25, -0.2) is 9.97 Å². The fraction of sp³-hybridized carbons (Fsp3) is 0. The molecule has 0 bridgehead atoms. The van der Waals surface area contributed by atoms with Crippen LogP contribution < -0.4 is 5.32 Å². The Kier molecular flexibility index (Phi) is 9.25. The number of hydrogen-bond donors (Lipinski definition) is 2. The van der Waals surface area contributed by atoms with Crippen LogP contribution in [0.5, 0.6) is 0 Å². The van der Waals surface area contributed by atoms with Crippen LogP contribution in [0.1, 0.15) is 27.8 Å². The van der Waals surface area contributed by atoms with Crippen molar-refractivity contribution in [1.29, 1.82) is 5.41 Å². The van der Waals surface area contributed by atoms with E-state index in [0.29, 0.717) is 11.5 Å². The van der Waals surface area contributed by atoms with Crippen LogP contribution in [0.25, 0.3) is 90.0 Å². The van der Waals surface area contributed by atoms with E-state index in [9.17, 15) is 5.41 Å². The Morgan fingerprint density at radius 3 is 1.74 bits per heavy atom. The first kappa shape index (κ1) is 36.7. The molecule has 3 heterocycles. The third kappa shape index (κ3) is 6.78. The molecule has 11 rings (SSSR count). The molecule has 0 unspecified atom stereocenters. The van der Waals surface area contributed by atoms with Gasteiger partial charge in [-0.2, -0.15) is 0 Å². The summed E-state index contributed by atoms with van der Waals surface area (Å²) in [7, 11) is 0. The van der Waals surface area contributed by atoms with E-state index in [-0.39, 0.29) is 0 Å². The van der Waals surface area contributed by atoms with E-state index in [2.05, 4.69) is 139 Å². The van der Waals surface area contributed by atoms with Gasteiger partial charge in [0.2, 0.25) is 0 Å². The van der Waals surface area contributed by atoms with Gasteiger partial charge in [0.15, 0.2) is 5.82 Å². The molecule has 2 aromatic heterocycles. The van der Waals surface area contributed by atoms with E-state index in [1.54, 1.807) is 0 Å². The number of benzene rings is 8. The minimum Gasteiger partial charge on any atom is -0.456 e. The predicted octanol–water partition coefficient (Wildman–Crippen LogP) is 14.1. The van der Waals surface area contributed by atoms with E-state index < -0.39 is 0 Å². The zero-order valence-corrected chi connectivity index (χ0v) is 33.6. The summed E-state index contributed by atoms with van der Waals surface area (Å²) in [5.74, 6) is 0.651. The van der Waals surface area contributed by atoms with Gasteiger partial charge in [-0.1, -0.05) is 194 Å². The fourth-order valence-corrected chi connectivity index (χ4v) is 8.48. The van der Waals surface area contributed by atoms with Crippen LogP contribution in [0.2, 0.25) is 0 Å². The average molecular weight is 795 g/mol. The van der Waals surface area contributed by atoms with Gasteiger partial charge < -0.3 is 9.73 Å². The van der Waals surface area contributed by atoms with Crippen molar-refractivity contribution in [1.82, 2.24) is 15.3 Å². The lowest BCUT2D eigenvalue weighted by Crippen LogP contribution is -2.20. The highest BCUT2D eigenvalue weighted by Gasteiger charge is 2.24. The van der Waals surface area contributed by atoms with Gasteiger partial charge in [0, 0.05) is 49.9 Å². The summed E-state index contributed by atoms with van der Waals surface area (Å²) in [6, 6.07) is 72.4. The van der Waals surface area contributed by atoms with E-state index in [1.165, 1.54) is 0 Å². The SMILES string of the molecule is N=C(/C(=C1\NC(c2ccccc2)=Cc2ccccc21)c1ccc(-c2cc(-c3ccc(-c4cccc5oc6ccccc6c45)cc3)nc(-c3ccccc3)n2)cc1)c1ccccc1. The van der Waals surface area contributed by atoms with Crippen molar-refractivity contribution in [3.05, 3.63) is 240 Å². The maximum absolute atomic E-state index is 9.73. The largest absolute Gasteiger partial charge is 0.456 e. The molecule has 1 aliphatic rings. The number of rotatable bonds is 8. The summed E-state index contributed by atoms with van der Waals surface area (Å²) in [6.07, 6.45) is 2.19. The lowest BCUT2D eigenvalue weighted by molar-refractivity contribution is 0.669. The molecule has 0 spiro atoms. The van der Waals surface area contributed by atoms with Crippen molar-refractivity contribution in [2.75, 3.05) is 0 Å². The van der Waals surface area contributed by atoms with Gasteiger partial charge in [-0.05, 0) is 52.1 Å². The molecule has 0 atom stereocenters. The lowest BCUT2D eigenvalue weighted by atomic mass is 9.87. The highest BCUT2D eigenvalue weighted by molar-refractivity contribution is 6.36. The van der Waals surface area contributed by atoms with Crippen molar-refractivity contribution in [2.45, 2.75) is 0 Å². The van der Waals surface area contributed by atoms with Gasteiger partial charge in [0.25, 0.3) is 0 Å². The normalized spacial score (nSPS) is 13.0. The number of hydrogen-bond acceptors (Lipinski definition) is 5. The molecule has 0 fully saturated rings. The second kappa shape index (κ2) is 15.6. The monoisotopic (exact) mass is 794 g/mol. The van der Waals surface area contributed by atoms with Crippen molar-refractivity contribution in [2.24, 2.45) is 0 Å². The third-order valence-electron chi connectivity index (χ3n) is 11.6. The van der Waals surface area contributed by atoms with E-state index in [0.717, 1.165) is 106 Å². The smallest absolute Gasteiger partial charge is 0.160 e. The van der Waals surface area contributed by atoms with Crippen LogP contribution in [0, 0.1) is 5.41 Å². The fourth-order valence-electron chi connectivity index (χ4n) is 8.48. The number of furan rings is 1. The van der Waals surface area contributed by atoms with Gasteiger partial charge in [-0.3, -0.25) is 5.41 Å². The molecule has 0 aliphatic carbocycles. The van der Waals surface area contributed by atoms with Gasteiger partial charge in [0.05, 0.1) is 22.8 Å². The Morgan fingerprint density at radius 2 is 1.02 bits per heavy atom. The van der Waals surface area contributed by atoms with Gasteiger partial charge in [-0.15, -0.1) is 0 Å². The molecule has 5 nitrogen and oxygen atoms in total. The summed E-state index contributed by atoms with van der Waals surface area (Å²) >= 11 is 0.